The second kappa shape index (κ2) is 6.02. The standard InChI is InChI=1S/C14H28N2/c1-12(14-7-3-4-8-14)16-9-5-6-13(11-16)10-15-2/h12-15H,3-11H2,1-2H3. The Morgan fingerprint density at radius 2 is 1.94 bits per heavy atom. The van der Waals surface area contributed by atoms with Gasteiger partial charge < -0.3 is 10.2 Å². The van der Waals surface area contributed by atoms with Crippen LogP contribution >= 0.6 is 0 Å². The van der Waals surface area contributed by atoms with Crippen LogP contribution in [-0.2, 0) is 0 Å². The van der Waals surface area contributed by atoms with Crippen LogP contribution in [0.2, 0.25) is 0 Å². The van der Waals surface area contributed by atoms with Gasteiger partial charge in [0.1, 0.15) is 0 Å². The van der Waals surface area contributed by atoms with Crippen molar-refractivity contribution in [3.8, 4) is 0 Å². The molecule has 16 heavy (non-hydrogen) atoms. The molecular formula is C14H28N2. The summed E-state index contributed by atoms with van der Waals surface area (Å²) in [4.78, 5) is 2.77. The van der Waals surface area contributed by atoms with Gasteiger partial charge in [-0.05, 0) is 64.6 Å². The molecular weight excluding hydrogens is 196 g/mol. The quantitative estimate of drug-likeness (QED) is 0.789. The van der Waals surface area contributed by atoms with Crippen molar-refractivity contribution < 1.29 is 0 Å². The van der Waals surface area contributed by atoms with Crippen LogP contribution in [-0.4, -0.2) is 37.6 Å². The van der Waals surface area contributed by atoms with Gasteiger partial charge in [-0.25, -0.2) is 0 Å². The third-order valence-electron chi connectivity index (χ3n) is 4.70. The Bertz CT molecular complexity index is 197. The van der Waals surface area contributed by atoms with Gasteiger partial charge >= 0.3 is 0 Å². The number of likely N-dealkylation sites (tertiary alicyclic amines) is 1. The molecule has 0 aromatic heterocycles. The van der Waals surface area contributed by atoms with Gasteiger partial charge in [0.2, 0.25) is 0 Å². The largest absolute Gasteiger partial charge is 0.319 e. The van der Waals surface area contributed by atoms with Crippen molar-refractivity contribution >= 4 is 0 Å². The lowest BCUT2D eigenvalue weighted by molar-refractivity contribution is 0.0978. The van der Waals surface area contributed by atoms with Crippen molar-refractivity contribution in [2.75, 3.05) is 26.7 Å². The zero-order valence-electron chi connectivity index (χ0n) is 11.0. The normalized spacial score (nSPS) is 30.8. The molecule has 1 N–H and O–H groups in total. The molecule has 2 fully saturated rings. The SMILES string of the molecule is CNCC1CCCN(C(C)C2CCCC2)C1. The number of piperidine rings is 1. The minimum Gasteiger partial charge on any atom is -0.319 e. The molecule has 2 aliphatic rings. The van der Waals surface area contributed by atoms with Gasteiger partial charge in [-0.2, -0.15) is 0 Å². The summed E-state index contributed by atoms with van der Waals surface area (Å²) in [5.41, 5.74) is 0. The average Bonchev–Trinajstić information content (AvgIpc) is 2.82. The summed E-state index contributed by atoms with van der Waals surface area (Å²) in [5.74, 6) is 1.89. The molecule has 0 aromatic carbocycles. The first-order valence-electron chi connectivity index (χ1n) is 7.20. The van der Waals surface area contributed by atoms with E-state index in [0.717, 1.165) is 17.9 Å². The lowest BCUT2D eigenvalue weighted by Gasteiger charge is -2.39. The summed E-state index contributed by atoms with van der Waals surface area (Å²) in [6, 6.07) is 0.835. The van der Waals surface area contributed by atoms with E-state index in [1.165, 1.54) is 58.2 Å². The Morgan fingerprint density at radius 3 is 2.62 bits per heavy atom. The molecule has 2 nitrogen and oxygen atoms in total. The highest BCUT2D eigenvalue weighted by molar-refractivity contribution is 4.84. The van der Waals surface area contributed by atoms with E-state index in [0.29, 0.717) is 0 Å². The Kier molecular flexibility index (Phi) is 4.66. The maximum absolute atomic E-state index is 3.34. The number of nitrogens with zero attached hydrogens (tertiary/aromatic N) is 1. The molecule has 0 radical (unpaired) electrons. The minimum absolute atomic E-state index is 0.835. The Morgan fingerprint density at radius 1 is 1.19 bits per heavy atom. The lowest BCUT2D eigenvalue weighted by Crippen LogP contribution is -2.46. The van der Waals surface area contributed by atoms with Crippen molar-refractivity contribution in [1.82, 2.24) is 10.2 Å². The molecule has 0 bridgehead atoms. The van der Waals surface area contributed by atoms with E-state index < -0.39 is 0 Å². The van der Waals surface area contributed by atoms with Crippen LogP contribution in [0.1, 0.15) is 45.4 Å². The zero-order chi connectivity index (χ0) is 11.4. The van der Waals surface area contributed by atoms with Gasteiger partial charge in [-0.15, -0.1) is 0 Å². The average molecular weight is 224 g/mol. The summed E-state index contributed by atoms with van der Waals surface area (Å²) in [5, 5.41) is 3.34. The fourth-order valence-electron chi connectivity index (χ4n) is 3.66. The van der Waals surface area contributed by atoms with Crippen LogP contribution in [0.3, 0.4) is 0 Å². The molecule has 1 heterocycles. The number of hydrogen-bond donors (Lipinski definition) is 1. The second-order valence-electron chi connectivity index (χ2n) is 5.85. The van der Waals surface area contributed by atoms with Crippen LogP contribution in [0.4, 0.5) is 0 Å². The van der Waals surface area contributed by atoms with E-state index in [4.69, 9.17) is 0 Å². The van der Waals surface area contributed by atoms with Gasteiger partial charge in [-0.3, -0.25) is 0 Å². The fourth-order valence-corrected chi connectivity index (χ4v) is 3.66. The smallest absolute Gasteiger partial charge is 0.00953 e. The Labute approximate surface area is 101 Å². The first-order chi connectivity index (χ1) is 7.81. The molecule has 94 valence electrons. The van der Waals surface area contributed by atoms with Crippen LogP contribution in [0.25, 0.3) is 0 Å². The Balaban J connectivity index is 1.82. The van der Waals surface area contributed by atoms with Gasteiger partial charge in [0.15, 0.2) is 0 Å². The maximum atomic E-state index is 3.34. The van der Waals surface area contributed by atoms with E-state index in [1.807, 2.05) is 0 Å². The van der Waals surface area contributed by atoms with E-state index in [1.54, 1.807) is 0 Å². The van der Waals surface area contributed by atoms with Crippen LogP contribution < -0.4 is 5.32 Å². The van der Waals surface area contributed by atoms with Crippen molar-refractivity contribution in [3.63, 3.8) is 0 Å². The second-order valence-corrected chi connectivity index (χ2v) is 5.85. The summed E-state index contributed by atoms with van der Waals surface area (Å²) >= 11 is 0. The molecule has 0 aromatic rings. The molecule has 0 spiro atoms. The highest BCUT2D eigenvalue weighted by atomic mass is 15.2. The lowest BCUT2D eigenvalue weighted by atomic mass is 9.92. The van der Waals surface area contributed by atoms with Crippen LogP contribution in [0.15, 0.2) is 0 Å². The molecule has 0 amide bonds. The molecule has 1 aliphatic heterocycles. The van der Waals surface area contributed by atoms with Crippen molar-refractivity contribution in [2.24, 2.45) is 11.8 Å². The summed E-state index contributed by atoms with van der Waals surface area (Å²) in [7, 11) is 2.08. The molecule has 1 saturated heterocycles. The predicted octanol–water partition coefficient (Wildman–Crippen LogP) is 2.50. The summed E-state index contributed by atoms with van der Waals surface area (Å²) in [6.07, 6.45) is 8.74. The number of rotatable bonds is 4. The molecule has 1 aliphatic carbocycles. The van der Waals surface area contributed by atoms with Crippen molar-refractivity contribution in [2.45, 2.75) is 51.5 Å². The summed E-state index contributed by atoms with van der Waals surface area (Å²) in [6.45, 7) is 6.35. The van der Waals surface area contributed by atoms with E-state index in [-0.39, 0.29) is 0 Å². The zero-order valence-corrected chi connectivity index (χ0v) is 11.0. The highest BCUT2D eigenvalue weighted by Crippen LogP contribution is 2.31. The molecule has 2 rings (SSSR count). The first kappa shape index (κ1) is 12.4. The molecule has 2 heteroatoms. The monoisotopic (exact) mass is 224 g/mol. The van der Waals surface area contributed by atoms with Gasteiger partial charge in [0.05, 0.1) is 0 Å². The highest BCUT2D eigenvalue weighted by Gasteiger charge is 2.29. The van der Waals surface area contributed by atoms with Gasteiger partial charge in [-0.1, -0.05) is 12.8 Å². The minimum atomic E-state index is 0.835. The first-order valence-corrected chi connectivity index (χ1v) is 7.20. The molecule has 1 saturated carbocycles. The number of hydrogen-bond acceptors (Lipinski definition) is 2. The van der Waals surface area contributed by atoms with E-state index in [9.17, 15) is 0 Å². The molecule has 2 atom stereocenters. The number of nitrogens with one attached hydrogen (secondary N) is 1. The van der Waals surface area contributed by atoms with E-state index in [2.05, 4.69) is 24.2 Å². The third kappa shape index (κ3) is 2.98. The third-order valence-corrected chi connectivity index (χ3v) is 4.70. The predicted molar refractivity (Wildman–Crippen MR) is 69.6 cm³/mol. The van der Waals surface area contributed by atoms with E-state index >= 15 is 0 Å². The Hall–Kier alpha value is -0.0800. The van der Waals surface area contributed by atoms with Crippen molar-refractivity contribution in [1.29, 1.82) is 0 Å². The topological polar surface area (TPSA) is 15.3 Å². The van der Waals surface area contributed by atoms with Crippen LogP contribution in [0.5, 0.6) is 0 Å². The van der Waals surface area contributed by atoms with Gasteiger partial charge in [0, 0.05) is 12.6 Å². The fraction of sp³-hybridized carbons (Fsp3) is 1.00. The molecule has 2 unspecified atom stereocenters. The van der Waals surface area contributed by atoms with Crippen LogP contribution in [0, 0.1) is 11.8 Å². The summed E-state index contributed by atoms with van der Waals surface area (Å²) < 4.78 is 0. The maximum Gasteiger partial charge on any atom is 0.00953 e. The van der Waals surface area contributed by atoms with Crippen molar-refractivity contribution in [3.05, 3.63) is 0 Å². The van der Waals surface area contributed by atoms with Gasteiger partial charge in [0.25, 0.3) is 0 Å².